The molecule has 0 radical (unpaired) electrons. The lowest BCUT2D eigenvalue weighted by atomic mass is 10.1. The Morgan fingerprint density at radius 3 is 2.63 bits per heavy atom. The molecule has 3 rings (SSSR count). The SMILES string of the molecule is C=CCOc1cccc(/C=C2/C(=O)NC(=O)N(c3cccc(Cl)c3)C2=O)c1. The zero-order chi connectivity index (χ0) is 19.4. The Morgan fingerprint density at radius 2 is 1.89 bits per heavy atom. The number of carbonyl (C=O) groups is 3. The first-order valence-corrected chi connectivity index (χ1v) is 8.38. The number of benzene rings is 2. The second kappa shape index (κ2) is 7.88. The highest BCUT2D eigenvalue weighted by Crippen LogP contribution is 2.25. The molecule has 1 heterocycles. The Labute approximate surface area is 160 Å². The predicted molar refractivity (Wildman–Crippen MR) is 103 cm³/mol. The topological polar surface area (TPSA) is 75.7 Å². The summed E-state index contributed by atoms with van der Waals surface area (Å²) in [7, 11) is 0. The number of hydrogen-bond acceptors (Lipinski definition) is 4. The van der Waals surface area contributed by atoms with Crippen LogP contribution in [0.2, 0.25) is 5.02 Å². The molecule has 0 spiro atoms. The van der Waals surface area contributed by atoms with Crippen LogP contribution >= 0.6 is 11.6 Å². The van der Waals surface area contributed by atoms with Crippen LogP contribution in [0.3, 0.4) is 0 Å². The average molecular weight is 383 g/mol. The van der Waals surface area contributed by atoms with Gasteiger partial charge in [-0.2, -0.15) is 0 Å². The third-order valence-corrected chi connectivity index (χ3v) is 3.94. The highest BCUT2D eigenvalue weighted by Gasteiger charge is 2.36. The van der Waals surface area contributed by atoms with Crippen LogP contribution in [-0.2, 0) is 9.59 Å². The van der Waals surface area contributed by atoms with Gasteiger partial charge in [0.1, 0.15) is 17.9 Å². The Morgan fingerprint density at radius 1 is 1.11 bits per heavy atom. The van der Waals surface area contributed by atoms with Crippen LogP contribution in [0.4, 0.5) is 10.5 Å². The van der Waals surface area contributed by atoms with Crippen LogP contribution in [0.1, 0.15) is 5.56 Å². The molecule has 0 atom stereocenters. The zero-order valence-electron chi connectivity index (χ0n) is 14.1. The van der Waals surface area contributed by atoms with E-state index in [2.05, 4.69) is 11.9 Å². The zero-order valence-corrected chi connectivity index (χ0v) is 14.9. The number of hydrogen-bond donors (Lipinski definition) is 1. The van der Waals surface area contributed by atoms with Crippen LogP contribution in [0, 0.1) is 0 Å². The first kappa shape index (κ1) is 18.4. The van der Waals surface area contributed by atoms with Gasteiger partial charge in [0.15, 0.2) is 0 Å². The lowest BCUT2D eigenvalue weighted by molar-refractivity contribution is -0.122. The van der Waals surface area contributed by atoms with Gasteiger partial charge in [-0.05, 0) is 42.0 Å². The largest absolute Gasteiger partial charge is 0.490 e. The molecular formula is C20H15ClN2O4. The van der Waals surface area contributed by atoms with Crippen molar-refractivity contribution in [1.29, 1.82) is 0 Å². The van der Waals surface area contributed by atoms with Crippen LogP contribution in [0.5, 0.6) is 5.75 Å². The number of amides is 4. The number of ether oxygens (including phenoxy) is 1. The summed E-state index contributed by atoms with van der Waals surface area (Å²) in [5, 5.41) is 2.53. The fourth-order valence-corrected chi connectivity index (χ4v) is 2.71. The van der Waals surface area contributed by atoms with E-state index in [-0.39, 0.29) is 11.3 Å². The van der Waals surface area contributed by atoms with Gasteiger partial charge in [0, 0.05) is 5.02 Å². The van der Waals surface area contributed by atoms with Gasteiger partial charge in [-0.25, -0.2) is 9.69 Å². The van der Waals surface area contributed by atoms with Crippen LogP contribution in [-0.4, -0.2) is 24.5 Å². The number of carbonyl (C=O) groups excluding carboxylic acids is 3. The van der Waals surface area contributed by atoms with Crippen molar-refractivity contribution in [2.24, 2.45) is 0 Å². The summed E-state index contributed by atoms with van der Waals surface area (Å²) in [5.74, 6) is -0.931. The lowest BCUT2D eigenvalue weighted by Gasteiger charge is -2.26. The number of nitrogens with one attached hydrogen (secondary N) is 1. The molecule has 1 saturated heterocycles. The monoisotopic (exact) mass is 382 g/mol. The molecule has 7 heteroatoms. The molecule has 27 heavy (non-hydrogen) atoms. The Bertz CT molecular complexity index is 968. The molecule has 0 aliphatic carbocycles. The van der Waals surface area contributed by atoms with Crippen molar-refractivity contribution < 1.29 is 19.1 Å². The fraction of sp³-hybridized carbons (Fsp3) is 0.0500. The van der Waals surface area contributed by atoms with Crippen molar-refractivity contribution in [1.82, 2.24) is 5.32 Å². The van der Waals surface area contributed by atoms with Gasteiger partial charge in [-0.15, -0.1) is 0 Å². The molecule has 0 unspecified atom stereocenters. The molecular weight excluding hydrogens is 368 g/mol. The fourth-order valence-electron chi connectivity index (χ4n) is 2.52. The van der Waals surface area contributed by atoms with Gasteiger partial charge in [0.2, 0.25) is 0 Å². The number of halogens is 1. The molecule has 2 aromatic carbocycles. The van der Waals surface area contributed by atoms with Crippen molar-refractivity contribution >= 4 is 41.2 Å². The standard InChI is InChI=1S/C20H15ClN2O4/c1-2-9-27-16-8-3-5-13(10-16)11-17-18(24)22-20(26)23(19(17)25)15-7-4-6-14(21)12-15/h2-8,10-12H,1,9H2,(H,22,24,26)/b17-11-. The van der Waals surface area contributed by atoms with E-state index in [9.17, 15) is 14.4 Å². The summed E-state index contributed by atoms with van der Waals surface area (Å²) in [6, 6.07) is 12.3. The number of rotatable bonds is 5. The minimum absolute atomic E-state index is 0.171. The van der Waals surface area contributed by atoms with Gasteiger partial charge < -0.3 is 4.74 Å². The molecule has 0 aromatic heterocycles. The minimum Gasteiger partial charge on any atom is -0.490 e. The molecule has 6 nitrogen and oxygen atoms in total. The van der Waals surface area contributed by atoms with Crippen LogP contribution in [0.15, 0.2) is 66.8 Å². The van der Waals surface area contributed by atoms with Crippen molar-refractivity contribution in [3.63, 3.8) is 0 Å². The highest BCUT2D eigenvalue weighted by molar-refractivity contribution is 6.39. The molecule has 1 fully saturated rings. The summed E-state index contributed by atoms with van der Waals surface area (Å²) < 4.78 is 5.45. The Kier molecular flexibility index (Phi) is 5.38. The van der Waals surface area contributed by atoms with Gasteiger partial charge in [-0.1, -0.05) is 42.5 Å². The number of urea groups is 1. The van der Waals surface area contributed by atoms with Gasteiger partial charge >= 0.3 is 6.03 Å². The molecule has 4 amide bonds. The molecule has 1 aliphatic heterocycles. The Hall–Kier alpha value is -3.38. The maximum absolute atomic E-state index is 12.8. The number of barbiturate groups is 1. The van der Waals surface area contributed by atoms with E-state index < -0.39 is 17.8 Å². The average Bonchev–Trinajstić information content (AvgIpc) is 2.64. The number of imide groups is 2. The van der Waals surface area contributed by atoms with E-state index in [0.717, 1.165) is 4.90 Å². The Balaban J connectivity index is 1.96. The second-order valence-electron chi connectivity index (χ2n) is 5.61. The van der Waals surface area contributed by atoms with Crippen molar-refractivity contribution in [2.75, 3.05) is 11.5 Å². The molecule has 1 aliphatic rings. The highest BCUT2D eigenvalue weighted by atomic mass is 35.5. The summed E-state index contributed by atoms with van der Waals surface area (Å²) in [5.41, 5.74) is 0.678. The van der Waals surface area contributed by atoms with Crippen molar-refractivity contribution in [3.8, 4) is 5.75 Å². The van der Waals surface area contributed by atoms with Crippen molar-refractivity contribution in [3.05, 3.63) is 77.3 Å². The third-order valence-electron chi connectivity index (χ3n) is 3.71. The quantitative estimate of drug-likeness (QED) is 0.487. The van der Waals surface area contributed by atoms with Gasteiger partial charge in [0.05, 0.1) is 5.69 Å². The summed E-state index contributed by atoms with van der Waals surface area (Å²) in [6.07, 6.45) is 3.01. The summed E-state index contributed by atoms with van der Waals surface area (Å²) in [6.45, 7) is 3.91. The van der Waals surface area contributed by atoms with Gasteiger partial charge in [-0.3, -0.25) is 14.9 Å². The van der Waals surface area contributed by atoms with E-state index in [1.54, 1.807) is 48.5 Å². The lowest BCUT2D eigenvalue weighted by Crippen LogP contribution is -2.54. The van der Waals surface area contributed by atoms with Gasteiger partial charge in [0.25, 0.3) is 11.8 Å². The third kappa shape index (κ3) is 4.07. The smallest absolute Gasteiger partial charge is 0.335 e. The molecule has 0 bridgehead atoms. The first-order chi connectivity index (χ1) is 13.0. The number of nitrogens with zero attached hydrogens (tertiary/aromatic N) is 1. The normalized spacial score (nSPS) is 15.7. The molecule has 136 valence electrons. The maximum atomic E-state index is 12.8. The van der Waals surface area contributed by atoms with E-state index in [0.29, 0.717) is 22.9 Å². The maximum Gasteiger partial charge on any atom is 0.335 e. The molecule has 0 saturated carbocycles. The van der Waals surface area contributed by atoms with E-state index in [1.807, 2.05) is 0 Å². The van der Waals surface area contributed by atoms with Crippen LogP contribution in [0.25, 0.3) is 6.08 Å². The summed E-state index contributed by atoms with van der Waals surface area (Å²) in [4.78, 5) is 38.1. The molecule has 2 aromatic rings. The number of anilines is 1. The van der Waals surface area contributed by atoms with E-state index in [4.69, 9.17) is 16.3 Å². The second-order valence-corrected chi connectivity index (χ2v) is 6.05. The first-order valence-electron chi connectivity index (χ1n) is 8.00. The predicted octanol–water partition coefficient (Wildman–Crippen LogP) is 3.57. The van der Waals surface area contributed by atoms with Crippen LogP contribution < -0.4 is 15.0 Å². The van der Waals surface area contributed by atoms with E-state index in [1.165, 1.54) is 12.1 Å². The minimum atomic E-state index is -0.826. The molecule has 1 N–H and O–H groups in total. The van der Waals surface area contributed by atoms with E-state index >= 15 is 0 Å². The summed E-state index contributed by atoms with van der Waals surface area (Å²) >= 11 is 5.94. The van der Waals surface area contributed by atoms with Crippen molar-refractivity contribution in [2.45, 2.75) is 0 Å².